The van der Waals surface area contributed by atoms with Crippen LogP contribution >= 0.6 is 0 Å². The summed E-state index contributed by atoms with van der Waals surface area (Å²) in [6.45, 7) is 2.18. The van der Waals surface area contributed by atoms with Gasteiger partial charge in [-0.25, -0.2) is 0 Å². The minimum absolute atomic E-state index is 0.536. The van der Waals surface area contributed by atoms with E-state index in [9.17, 15) is 0 Å². The van der Waals surface area contributed by atoms with Gasteiger partial charge in [0.15, 0.2) is 0 Å². The monoisotopic (exact) mass is 270 g/mol. The Balaban J connectivity index is 2.52. The second-order valence-corrected chi connectivity index (χ2v) is 5.02. The SMILES string of the molecule is CCCC[C@@](N)(c1ccccc1)c1ccncc1OC. The molecule has 0 aliphatic heterocycles. The summed E-state index contributed by atoms with van der Waals surface area (Å²) in [5, 5.41) is 0. The second kappa shape index (κ2) is 6.53. The van der Waals surface area contributed by atoms with Gasteiger partial charge in [0.25, 0.3) is 0 Å². The smallest absolute Gasteiger partial charge is 0.142 e. The van der Waals surface area contributed by atoms with Crippen molar-refractivity contribution in [1.82, 2.24) is 4.98 Å². The summed E-state index contributed by atoms with van der Waals surface area (Å²) in [6.07, 6.45) is 6.56. The summed E-state index contributed by atoms with van der Waals surface area (Å²) < 4.78 is 5.45. The zero-order valence-corrected chi connectivity index (χ0v) is 12.2. The molecule has 3 heteroatoms. The molecule has 20 heavy (non-hydrogen) atoms. The van der Waals surface area contributed by atoms with Crippen LogP contribution in [-0.4, -0.2) is 12.1 Å². The molecule has 106 valence electrons. The number of hydrogen-bond acceptors (Lipinski definition) is 3. The van der Waals surface area contributed by atoms with Crippen LogP contribution in [0.25, 0.3) is 0 Å². The van der Waals surface area contributed by atoms with Gasteiger partial charge in [-0.1, -0.05) is 50.1 Å². The largest absolute Gasteiger partial charge is 0.495 e. The molecule has 0 radical (unpaired) electrons. The topological polar surface area (TPSA) is 48.1 Å². The van der Waals surface area contributed by atoms with E-state index in [4.69, 9.17) is 10.5 Å². The number of unbranched alkanes of at least 4 members (excludes halogenated alkanes) is 1. The number of benzene rings is 1. The molecule has 0 bridgehead atoms. The van der Waals surface area contributed by atoms with Crippen molar-refractivity contribution in [3.8, 4) is 5.75 Å². The molecule has 3 nitrogen and oxygen atoms in total. The second-order valence-electron chi connectivity index (χ2n) is 5.02. The van der Waals surface area contributed by atoms with Crippen molar-refractivity contribution >= 4 is 0 Å². The lowest BCUT2D eigenvalue weighted by atomic mass is 9.80. The molecule has 1 atom stereocenters. The summed E-state index contributed by atoms with van der Waals surface area (Å²) in [4.78, 5) is 4.12. The maximum atomic E-state index is 6.80. The number of nitrogens with zero attached hydrogens (tertiary/aromatic N) is 1. The molecule has 0 aliphatic carbocycles. The van der Waals surface area contributed by atoms with Gasteiger partial charge in [0.1, 0.15) is 5.75 Å². The molecule has 0 fully saturated rings. The first kappa shape index (κ1) is 14.5. The first-order chi connectivity index (χ1) is 9.72. The molecule has 0 unspecified atom stereocenters. The number of aromatic nitrogens is 1. The predicted molar refractivity (Wildman–Crippen MR) is 81.7 cm³/mol. The van der Waals surface area contributed by atoms with Crippen LogP contribution in [0, 0.1) is 0 Å². The van der Waals surface area contributed by atoms with Gasteiger partial charge in [0, 0.05) is 11.8 Å². The summed E-state index contributed by atoms with van der Waals surface area (Å²) >= 11 is 0. The van der Waals surface area contributed by atoms with Crippen LogP contribution in [0.4, 0.5) is 0 Å². The van der Waals surface area contributed by atoms with Crippen LogP contribution < -0.4 is 10.5 Å². The molecular weight excluding hydrogens is 248 g/mol. The van der Waals surface area contributed by atoms with E-state index in [1.807, 2.05) is 24.3 Å². The fraction of sp³-hybridized carbons (Fsp3) is 0.353. The maximum Gasteiger partial charge on any atom is 0.142 e. The normalized spacial score (nSPS) is 13.8. The van der Waals surface area contributed by atoms with Crippen LogP contribution in [0.5, 0.6) is 5.75 Å². The third kappa shape index (κ3) is 2.83. The molecule has 0 saturated carbocycles. The van der Waals surface area contributed by atoms with Gasteiger partial charge >= 0.3 is 0 Å². The van der Waals surface area contributed by atoms with Crippen LogP contribution in [0.15, 0.2) is 48.8 Å². The van der Waals surface area contributed by atoms with E-state index in [1.165, 1.54) is 0 Å². The van der Waals surface area contributed by atoms with Crippen molar-refractivity contribution < 1.29 is 4.74 Å². The minimum Gasteiger partial charge on any atom is -0.495 e. The molecule has 1 aromatic heterocycles. The molecule has 1 heterocycles. The Morgan fingerprint density at radius 2 is 1.95 bits per heavy atom. The minimum atomic E-state index is -0.536. The highest BCUT2D eigenvalue weighted by Crippen LogP contribution is 2.36. The quantitative estimate of drug-likeness (QED) is 0.874. The van der Waals surface area contributed by atoms with Crippen LogP contribution in [-0.2, 0) is 5.54 Å². The predicted octanol–water partition coefficient (Wildman–Crippen LogP) is 3.48. The van der Waals surface area contributed by atoms with Crippen molar-refractivity contribution in [3.05, 3.63) is 59.9 Å². The lowest BCUT2D eigenvalue weighted by molar-refractivity contribution is 0.383. The van der Waals surface area contributed by atoms with Crippen LogP contribution in [0.2, 0.25) is 0 Å². The fourth-order valence-corrected chi connectivity index (χ4v) is 2.54. The molecule has 2 N–H and O–H groups in total. The van der Waals surface area contributed by atoms with E-state index in [1.54, 1.807) is 19.5 Å². The van der Waals surface area contributed by atoms with Crippen molar-refractivity contribution in [3.63, 3.8) is 0 Å². The Morgan fingerprint density at radius 1 is 1.20 bits per heavy atom. The number of ether oxygens (including phenoxy) is 1. The van der Waals surface area contributed by atoms with Gasteiger partial charge in [0.05, 0.1) is 18.8 Å². The van der Waals surface area contributed by atoms with Crippen LogP contribution in [0.1, 0.15) is 37.3 Å². The highest BCUT2D eigenvalue weighted by atomic mass is 16.5. The van der Waals surface area contributed by atoms with Gasteiger partial charge < -0.3 is 10.5 Å². The van der Waals surface area contributed by atoms with Crippen LogP contribution in [0.3, 0.4) is 0 Å². The summed E-state index contributed by atoms with van der Waals surface area (Å²) in [5.74, 6) is 0.745. The van der Waals surface area contributed by atoms with Gasteiger partial charge in [0.2, 0.25) is 0 Å². The van der Waals surface area contributed by atoms with E-state index < -0.39 is 5.54 Å². The van der Waals surface area contributed by atoms with Gasteiger partial charge in [-0.05, 0) is 18.1 Å². The Kier molecular flexibility index (Phi) is 4.74. The van der Waals surface area contributed by atoms with Crippen molar-refractivity contribution in [2.24, 2.45) is 5.73 Å². The maximum absolute atomic E-state index is 6.80. The van der Waals surface area contributed by atoms with E-state index >= 15 is 0 Å². The summed E-state index contributed by atoms with van der Waals surface area (Å²) in [7, 11) is 1.66. The number of nitrogens with two attached hydrogens (primary N) is 1. The van der Waals surface area contributed by atoms with E-state index in [2.05, 4.69) is 24.0 Å². The third-order valence-corrected chi connectivity index (χ3v) is 3.70. The number of hydrogen-bond donors (Lipinski definition) is 1. The first-order valence-corrected chi connectivity index (χ1v) is 7.05. The van der Waals surface area contributed by atoms with Crippen molar-refractivity contribution in [1.29, 1.82) is 0 Å². The standard InChI is InChI=1S/C17H22N2O/c1-3-4-11-17(18,14-8-6-5-7-9-14)15-10-12-19-13-16(15)20-2/h5-10,12-13H,3-4,11,18H2,1-2H3/t17-/m1/s1. The first-order valence-electron chi connectivity index (χ1n) is 7.05. The average Bonchev–Trinajstić information content (AvgIpc) is 2.53. The van der Waals surface area contributed by atoms with E-state index in [0.717, 1.165) is 36.1 Å². The van der Waals surface area contributed by atoms with E-state index in [0.29, 0.717) is 0 Å². The fourth-order valence-electron chi connectivity index (χ4n) is 2.54. The summed E-state index contributed by atoms with van der Waals surface area (Å²) in [5.41, 5.74) is 8.36. The number of pyridine rings is 1. The molecule has 0 amide bonds. The molecule has 0 spiro atoms. The lowest BCUT2D eigenvalue weighted by Gasteiger charge is -2.32. The Morgan fingerprint density at radius 3 is 2.60 bits per heavy atom. The molecule has 1 aromatic carbocycles. The Hall–Kier alpha value is -1.87. The van der Waals surface area contributed by atoms with Crippen molar-refractivity contribution in [2.45, 2.75) is 31.7 Å². The zero-order chi connectivity index (χ0) is 14.4. The molecule has 0 aliphatic rings. The lowest BCUT2D eigenvalue weighted by Crippen LogP contribution is -2.38. The highest BCUT2D eigenvalue weighted by molar-refractivity contribution is 5.44. The highest BCUT2D eigenvalue weighted by Gasteiger charge is 2.31. The Labute approximate surface area is 120 Å². The van der Waals surface area contributed by atoms with Gasteiger partial charge in [-0.3, -0.25) is 4.98 Å². The molecule has 2 rings (SSSR count). The van der Waals surface area contributed by atoms with Gasteiger partial charge in [-0.15, -0.1) is 0 Å². The molecular formula is C17H22N2O. The van der Waals surface area contributed by atoms with Crippen molar-refractivity contribution in [2.75, 3.05) is 7.11 Å². The van der Waals surface area contributed by atoms with E-state index in [-0.39, 0.29) is 0 Å². The number of methoxy groups -OCH3 is 1. The average molecular weight is 270 g/mol. The molecule has 0 saturated heterocycles. The zero-order valence-electron chi connectivity index (χ0n) is 12.2. The molecule has 2 aromatic rings. The van der Waals surface area contributed by atoms with Gasteiger partial charge in [-0.2, -0.15) is 0 Å². The summed E-state index contributed by atoms with van der Waals surface area (Å²) in [6, 6.07) is 12.2. The third-order valence-electron chi connectivity index (χ3n) is 3.70. The Bertz CT molecular complexity index is 542. The number of rotatable bonds is 6.